The zero-order chi connectivity index (χ0) is 12.6. The fourth-order valence-corrected chi connectivity index (χ4v) is 3.35. The van der Waals surface area contributed by atoms with Gasteiger partial charge in [-0.1, -0.05) is 23.7 Å². The van der Waals surface area contributed by atoms with E-state index in [0.717, 1.165) is 5.57 Å². The van der Waals surface area contributed by atoms with Crippen LogP contribution in [0.1, 0.15) is 13.8 Å². The van der Waals surface area contributed by atoms with Gasteiger partial charge in [0.15, 0.2) is 17.2 Å². The van der Waals surface area contributed by atoms with E-state index in [1.54, 1.807) is 38.1 Å². The van der Waals surface area contributed by atoms with Crippen LogP contribution >= 0.6 is 11.6 Å². The first-order valence-corrected chi connectivity index (χ1v) is 6.49. The molecule has 92 valence electrons. The third kappa shape index (κ3) is 1.99. The van der Waals surface area contributed by atoms with E-state index in [1.807, 2.05) is 0 Å². The van der Waals surface area contributed by atoms with Gasteiger partial charge in [0.05, 0.1) is 10.7 Å². The highest BCUT2D eigenvalue weighted by Gasteiger charge is 2.37. The number of hydrogen-bond donors (Lipinski definition) is 1. The van der Waals surface area contributed by atoms with Crippen LogP contribution in [0.4, 0.5) is 5.69 Å². The molecule has 1 heterocycles. The van der Waals surface area contributed by atoms with Gasteiger partial charge in [0.2, 0.25) is 0 Å². The van der Waals surface area contributed by atoms with Crippen LogP contribution in [0.15, 0.2) is 34.7 Å². The number of rotatable bonds is 2. The number of anilines is 1. The molecule has 1 aromatic rings. The summed E-state index contributed by atoms with van der Waals surface area (Å²) in [5.74, 6) is 0. The SMILES string of the molecule is CC1=C(C)S(=O)N(c2ccccc2Cl)[C@H]1OO. The van der Waals surface area contributed by atoms with Crippen molar-refractivity contribution in [1.29, 1.82) is 0 Å². The molecule has 1 aliphatic heterocycles. The number of nitrogens with zero attached hydrogens (tertiary/aromatic N) is 1. The quantitative estimate of drug-likeness (QED) is 0.666. The number of halogens is 1. The largest absolute Gasteiger partial charge is 0.252 e. The van der Waals surface area contributed by atoms with Gasteiger partial charge in [-0.15, -0.1) is 0 Å². The van der Waals surface area contributed by atoms with Crippen LogP contribution in [0.3, 0.4) is 0 Å². The van der Waals surface area contributed by atoms with Crippen molar-refractivity contribution >= 4 is 28.3 Å². The van der Waals surface area contributed by atoms with Crippen LogP contribution in [0, 0.1) is 0 Å². The molecule has 1 aliphatic rings. The normalized spacial score (nSPS) is 24.6. The maximum Gasteiger partial charge on any atom is 0.199 e. The van der Waals surface area contributed by atoms with E-state index in [2.05, 4.69) is 4.89 Å². The van der Waals surface area contributed by atoms with Crippen molar-refractivity contribution in [3.05, 3.63) is 39.8 Å². The fourth-order valence-electron chi connectivity index (χ4n) is 1.69. The summed E-state index contributed by atoms with van der Waals surface area (Å²) >= 11 is 6.06. The number of allylic oxidation sites excluding steroid dienone is 1. The molecule has 1 N–H and O–H groups in total. The van der Waals surface area contributed by atoms with Crippen molar-refractivity contribution in [3.63, 3.8) is 0 Å². The zero-order valence-electron chi connectivity index (χ0n) is 9.38. The van der Waals surface area contributed by atoms with Gasteiger partial charge in [0, 0.05) is 4.91 Å². The average molecular weight is 274 g/mol. The molecule has 0 saturated heterocycles. The second-order valence-electron chi connectivity index (χ2n) is 3.72. The molecule has 0 radical (unpaired) electrons. The third-order valence-corrected chi connectivity index (χ3v) is 4.68. The van der Waals surface area contributed by atoms with E-state index in [9.17, 15) is 4.21 Å². The van der Waals surface area contributed by atoms with Gasteiger partial charge < -0.3 is 0 Å². The van der Waals surface area contributed by atoms with Crippen molar-refractivity contribution in [3.8, 4) is 0 Å². The summed E-state index contributed by atoms with van der Waals surface area (Å²) in [6, 6.07) is 7.01. The van der Waals surface area contributed by atoms with Crippen LogP contribution < -0.4 is 4.31 Å². The molecular weight excluding hydrogens is 262 g/mol. The van der Waals surface area contributed by atoms with Gasteiger partial charge >= 0.3 is 0 Å². The Morgan fingerprint density at radius 1 is 1.41 bits per heavy atom. The fraction of sp³-hybridized carbons (Fsp3) is 0.273. The lowest BCUT2D eigenvalue weighted by Gasteiger charge is -2.24. The zero-order valence-corrected chi connectivity index (χ0v) is 11.0. The lowest BCUT2D eigenvalue weighted by Crippen LogP contribution is -2.33. The Bertz CT molecular complexity index is 503. The second kappa shape index (κ2) is 4.78. The topological polar surface area (TPSA) is 49.8 Å². The van der Waals surface area contributed by atoms with Crippen molar-refractivity contribution in [2.24, 2.45) is 0 Å². The monoisotopic (exact) mass is 273 g/mol. The number of hydrogen-bond acceptors (Lipinski definition) is 3. The van der Waals surface area contributed by atoms with E-state index in [4.69, 9.17) is 16.9 Å². The smallest absolute Gasteiger partial charge is 0.199 e. The first-order valence-electron chi connectivity index (χ1n) is 5.01. The second-order valence-corrected chi connectivity index (χ2v) is 5.63. The summed E-state index contributed by atoms with van der Waals surface area (Å²) < 4.78 is 13.6. The van der Waals surface area contributed by atoms with Crippen molar-refractivity contribution < 1.29 is 14.4 Å². The summed E-state index contributed by atoms with van der Waals surface area (Å²) in [6.07, 6.45) is -0.754. The standard InChI is InChI=1S/C11H12ClNO3S/c1-7-8(2)17(15)13(11(7)16-14)10-6-4-3-5-9(10)12/h3-6,11,14H,1-2H3/t11-,17?/m0/s1. The van der Waals surface area contributed by atoms with Gasteiger partial charge in [0.1, 0.15) is 0 Å². The Hall–Kier alpha value is -0.880. The molecular formula is C11H12ClNO3S. The predicted molar refractivity (Wildman–Crippen MR) is 67.9 cm³/mol. The van der Waals surface area contributed by atoms with E-state index in [1.165, 1.54) is 4.31 Å². The predicted octanol–water partition coefficient (Wildman–Crippen LogP) is 2.93. The Kier molecular flexibility index (Phi) is 3.53. The summed E-state index contributed by atoms with van der Waals surface area (Å²) in [6.45, 7) is 3.51. The van der Waals surface area contributed by atoms with Gasteiger partial charge in [-0.05, 0) is 31.6 Å². The summed E-state index contributed by atoms with van der Waals surface area (Å²) in [5, 5.41) is 9.40. The maximum atomic E-state index is 12.2. The molecule has 0 bridgehead atoms. The van der Waals surface area contributed by atoms with Gasteiger partial charge in [-0.2, -0.15) is 0 Å². The van der Waals surface area contributed by atoms with Crippen LogP contribution in [0.25, 0.3) is 0 Å². The Morgan fingerprint density at radius 3 is 2.65 bits per heavy atom. The first kappa shape index (κ1) is 12.6. The van der Waals surface area contributed by atoms with E-state index in [-0.39, 0.29) is 0 Å². The molecule has 1 unspecified atom stereocenters. The van der Waals surface area contributed by atoms with Crippen molar-refractivity contribution in [1.82, 2.24) is 0 Å². The van der Waals surface area contributed by atoms with Gasteiger partial charge in [-0.3, -0.25) is 4.31 Å². The van der Waals surface area contributed by atoms with Crippen LogP contribution in [-0.4, -0.2) is 15.7 Å². The van der Waals surface area contributed by atoms with E-state index >= 15 is 0 Å². The third-order valence-electron chi connectivity index (χ3n) is 2.77. The molecule has 2 rings (SSSR count). The lowest BCUT2D eigenvalue weighted by molar-refractivity contribution is -0.264. The minimum atomic E-state index is -1.38. The molecule has 17 heavy (non-hydrogen) atoms. The molecule has 0 saturated carbocycles. The first-order chi connectivity index (χ1) is 8.07. The Labute approximate surface area is 107 Å². The van der Waals surface area contributed by atoms with Gasteiger partial charge in [0.25, 0.3) is 0 Å². The highest BCUT2D eigenvalue weighted by Crippen LogP contribution is 2.37. The van der Waals surface area contributed by atoms with Gasteiger partial charge in [-0.25, -0.2) is 14.4 Å². The molecule has 4 nitrogen and oxygen atoms in total. The molecule has 0 aliphatic carbocycles. The van der Waals surface area contributed by atoms with Crippen LogP contribution in [0.5, 0.6) is 0 Å². The minimum Gasteiger partial charge on any atom is -0.252 e. The lowest BCUT2D eigenvalue weighted by atomic mass is 10.2. The maximum absolute atomic E-state index is 12.2. The molecule has 0 fully saturated rings. The number of benzene rings is 1. The van der Waals surface area contributed by atoms with E-state index in [0.29, 0.717) is 15.6 Å². The molecule has 6 heteroatoms. The summed E-state index contributed by atoms with van der Waals surface area (Å²) in [4.78, 5) is 5.07. The summed E-state index contributed by atoms with van der Waals surface area (Å²) in [5.41, 5.74) is 1.30. The Morgan fingerprint density at radius 2 is 2.06 bits per heavy atom. The molecule has 0 aromatic heterocycles. The average Bonchev–Trinajstić information content (AvgIpc) is 2.54. The summed E-state index contributed by atoms with van der Waals surface area (Å²) in [7, 11) is -1.38. The number of para-hydroxylation sites is 1. The van der Waals surface area contributed by atoms with Crippen molar-refractivity contribution in [2.45, 2.75) is 20.1 Å². The van der Waals surface area contributed by atoms with Crippen LogP contribution in [0.2, 0.25) is 5.02 Å². The highest BCUT2D eigenvalue weighted by atomic mass is 35.5. The Balaban J connectivity index is 2.48. The van der Waals surface area contributed by atoms with E-state index < -0.39 is 17.2 Å². The molecule has 0 spiro atoms. The molecule has 2 atom stereocenters. The van der Waals surface area contributed by atoms with Crippen LogP contribution in [-0.2, 0) is 15.9 Å². The van der Waals surface area contributed by atoms with Crippen molar-refractivity contribution in [2.75, 3.05) is 4.31 Å². The molecule has 1 aromatic carbocycles. The minimum absolute atomic E-state index is 0.463. The highest BCUT2D eigenvalue weighted by molar-refractivity contribution is 7.90. The molecule has 0 amide bonds.